The van der Waals surface area contributed by atoms with E-state index in [9.17, 15) is 0 Å². The highest BCUT2D eigenvalue weighted by Crippen LogP contribution is 2.13. The first-order chi connectivity index (χ1) is 11.7. The molecule has 0 fully saturated rings. The fourth-order valence-corrected chi connectivity index (χ4v) is 3.10. The minimum atomic E-state index is 0. The van der Waals surface area contributed by atoms with Gasteiger partial charge < -0.3 is 15.4 Å². The topological polar surface area (TPSA) is 58.5 Å². The van der Waals surface area contributed by atoms with Crippen molar-refractivity contribution in [1.82, 2.24) is 15.6 Å². The van der Waals surface area contributed by atoms with Crippen LogP contribution in [0.1, 0.15) is 27.9 Å². The quantitative estimate of drug-likeness (QED) is 0.350. The van der Waals surface area contributed by atoms with Crippen LogP contribution >= 0.6 is 35.3 Å². The lowest BCUT2D eigenvalue weighted by molar-refractivity contribution is 0.185. The van der Waals surface area contributed by atoms with E-state index in [0.717, 1.165) is 31.9 Å². The van der Waals surface area contributed by atoms with Crippen LogP contribution in [0.15, 0.2) is 35.5 Å². The number of guanidine groups is 1. The summed E-state index contributed by atoms with van der Waals surface area (Å²) in [5, 5.41) is 7.83. The lowest BCUT2D eigenvalue weighted by Crippen LogP contribution is -2.37. The minimum absolute atomic E-state index is 0. The molecule has 0 unspecified atom stereocenters. The molecule has 5 nitrogen and oxygen atoms in total. The predicted molar refractivity (Wildman–Crippen MR) is 116 cm³/mol. The van der Waals surface area contributed by atoms with Crippen LogP contribution in [0.2, 0.25) is 0 Å². The van der Waals surface area contributed by atoms with Gasteiger partial charge in [-0.15, -0.1) is 35.3 Å². The van der Waals surface area contributed by atoms with E-state index in [0.29, 0.717) is 6.61 Å². The summed E-state index contributed by atoms with van der Waals surface area (Å²) in [7, 11) is 3.50. The molecular weight excluding hydrogens is 447 g/mol. The fourth-order valence-electron chi connectivity index (χ4n) is 2.24. The molecule has 2 rings (SSSR count). The molecule has 0 atom stereocenters. The van der Waals surface area contributed by atoms with Crippen molar-refractivity contribution >= 4 is 41.3 Å². The van der Waals surface area contributed by atoms with E-state index in [1.54, 1.807) is 25.5 Å². The zero-order chi connectivity index (χ0) is 17.2. The second kappa shape index (κ2) is 12.2. The van der Waals surface area contributed by atoms with Gasteiger partial charge in [-0.25, -0.2) is 4.98 Å². The van der Waals surface area contributed by atoms with Crippen molar-refractivity contribution < 1.29 is 4.74 Å². The highest BCUT2D eigenvalue weighted by atomic mass is 127. The molecule has 2 N–H and O–H groups in total. The number of methoxy groups -OCH3 is 1. The van der Waals surface area contributed by atoms with Gasteiger partial charge in [-0.05, 0) is 17.5 Å². The summed E-state index contributed by atoms with van der Waals surface area (Å²) in [4.78, 5) is 10.0. The Labute approximate surface area is 171 Å². The van der Waals surface area contributed by atoms with Gasteiger partial charge in [0.05, 0.1) is 11.6 Å². The average molecular weight is 474 g/mol. The molecule has 1 aromatic heterocycles. The van der Waals surface area contributed by atoms with Gasteiger partial charge in [-0.3, -0.25) is 4.99 Å². The maximum atomic E-state index is 5.12. The molecule has 0 aliphatic rings. The van der Waals surface area contributed by atoms with Crippen LogP contribution in [0.3, 0.4) is 0 Å². The number of hydrogen-bond donors (Lipinski definition) is 2. The minimum Gasteiger partial charge on any atom is -0.380 e. The molecule has 1 heterocycles. The number of aryl methyl sites for hydroxylation is 1. The van der Waals surface area contributed by atoms with Gasteiger partial charge in [0.15, 0.2) is 5.96 Å². The largest absolute Gasteiger partial charge is 0.380 e. The standard InChI is InChI=1S/C18H26N4OS.HI/c1-4-16-12-21-17(24-16)9-10-20-18(19-2)22-11-14-5-7-15(8-6-14)13-23-3;/h5-8,12H,4,9-11,13H2,1-3H3,(H2,19,20,22);1H. The number of hydrogen-bond acceptors (Lipinski definition) is 4. The molecule has 0 bridgehead atoms. The van der Waals surface area contributed by atoms with Crippen LogP contribution in [0.5, 0.6) is 0 Å². The van der Waals surface area contributed by atoms with E-state index in [1.165, 1.54) is 21.0 Å². The Hall–Kier alpha value is -1.19. The molecule has 0 aliphatic carbocycles. The Morgan fingerprint density at radius 2 is 1.92 bits per heavy atom. The van der Waals surface area contributed by atoms with Gasteiger partial charge in [0.25, 0.3) is 0 Å². The second-order valence-corrected chi connectivity index (χ2v) is 6.63. The maximum absolute atomic E-state index is 5.12. The maximum Gasteiger partial charge on any atom is 0.191 e. The molecule has 0 saturated carbocycles. The number of ether oxygens (including phenoxy) is 1. The SMILES string of the molecule is CCc1cnc(CCNC(=NC)NCc2ccc(COC)cc2)s1.I. The first-order valence-corrected chi connectivity index (χ1v) is 9.01. The number of nitrogens with zero attached hydrogens (tertiary/aromatic N) is 2. The van der Waals surface area contributed by atoms with Gasteiger partial charge >= 0.3 is 0 Å². The van der Waals surface area contributed by atoms with Crippen molar-refractivity contribution in [1.29, 1.82) is 0 Å². The molecule has 0 spiro atoms. The summed E-state index contributed by atoms with van der Waals surface area (Å²) >= 11 is 1.79. The Morgan fingerprint density at radius 3 is 2.52 bits per heavy atom. The van der Waals surface area contributed by atoms with Crippen molar-refractivity contribution in [2.75, 3.05) is 20.7 Å². The lowest BCUT2D eigenvalue weighted by Gasteiger charge is -2.11. The predicted octanol–water partition coefficient (Wildman–Crippen LogP) is 3.38. The third-order valence-corrected chi connectivity index (χ3v) is 4.80. The van der Waals surface area contributed by atoms with Crippen LogP contribution in [-0.4, -0.2) is 31.6 Å². The third-order valence-electron chi connectivity index (χ3n) is 3.60. The van der Waals surface area contributed by atoms with Crippen molar-refractivity contribution in [2.24, 2.45) is 4.99 Å². The van der Waals surface area contributed by atoms with Crippen LogP contribution in [-0.2, 0) is 30.7 Å². The van der Waals surface area contributed by atoms with Crippen molar-refractivity contribution in [3.63, 3.8) is 0 Å². The summed E-state index contributed by atoms with van der Waals surface area (Å²) < 4.78 is 5.12. The molecule has 1 aromatic carbocycles. The monoisotopic (exact) mass is 474 g/mol. The average Bonchev–Trinajstić information content (AvgIpc) is 3.07. The number of aromatic nitrogens is 1. The Balaban J connectivity index is 0.00000312. The summed E-state index contributed by atoms with van der Waals surface area (Å²) in [6.07, 6.45) is 3.94. The second-order valence-electron chi connectivity index (χ2n) is 5.43. The Bertz CT molecular complexity index is 643. The van der Waals surface area contributed by atoms with E-state index in [4.69, 9.17) is 4.74 Å². The Morgan fingerprint density at radius 1 is 1.20 bits per heavy atom. The molecule has 2 aromatic rings. The van der Waals surface area contributed by atoms with E-state index in [2.05, 4.69) is 51.8 Å². The number of thiazole rings is 1. The highest BCUT2D eigenvalue weighted by molar-refractivity contribution is 14.0. The molecule has 138 valence electrons. The molecule has 0 amide bonds. The number of halogens is 1. The molecule has 0 radical (unpaired) electrons. The van der Waals surface area contributed by atoms with E-state index >= 15 is 0 Å². The molecule has 7 heteroatoms. The van der Waals surface area contributed by atoms with Gasteiger partial charge in [0.1, 0.15) is 0 Å². The van der Waals surface area contributed by atoms with Crippen LogP contribution < -0.4 is 10.6 Å². The van der Waals surface area contributed by atoms with Crippen LogP contribution in [0.4, 0.5) is 0 Å². The first-order valence-electron chi connectivity index (χ1n) is 8.20. The number of rotatable bonds is 8. The number of nitrogens with one attached hydrogen (secondary N) is 2. The summed E-state index contributed by atoms with van der Waals surface area (Å²) in [5.41, 5.74) is 2.39. The van der Waals surface area contributed by atoms with Crippen LogP contribution in [0, 0.1) is 0 Å². The van der Waals surface area contributed by atoms with Gasteiger partial charge in [-0.2, -0.15) is 0 Å². The molecular formula is C18H27IN4OS. The first kappa shape index (κ1) is 21.9. The highest BCUT2D eigenvalue weighted by Gasteiger charge is 2.02. The lowest BCUT2D eigenvalue weighted by atomic mass is 10.1. The number of aliphatic imine (C=N–C) groups is 1. The third kappa shape index (κ3) is 7.70. The van der Waals surface area contributed by atoms with E-state index < -0.39 is 0 Å². The van der Waals surface area contributed by atoms with Crippen molar-refractivity contribution in [2.45, 2.75) is 32.9 Å². The van der Waals surface area contributed by atoms with Gasteiger partial charge in [-0.1, -0.05) is 31.2 Å². The van der Waals surface area contributed by atoms with Gasteiger partial charge in [0, 0.05) is 44.7 Å². The van der Waals surface area contributed by atoms with E-state index in [-0.39, 0.29) is 24.0 Å². The summed E-state index contributed by atoms with van der Waals surface area (Å²) in [6.45, 7) is 4.36. The van der Waals surface area contributed by atoms with Crippen LogP contribution in [0.25, 0.3) is 0 Å². The summed E-state index contributed by atoms with van der Waals surface area (Å²) in [6, 6.07) is 8.39. The zero-order valence-corrected chi connectivity index (χ0v) is 18.2. The Kier molecular flexibility index (Phi) is 10.7. The van der Waals surface area contributed by atoms with Crippen molar-refractivity contribution in [3.8, 4) is 0 Å². The summed E-state index contributed by atoms with van der Waals surface area (Å²) in [5.74, 6) is 0.809. The molecule has 0 saturated heterocycles. The van der Waals surface area contributed by atoms with Gasteiger partial charge in [0.2, 0.25) is 0 Å². The number of benzene rings is 1. The smallest absolute Gasteiger partial charge is 0.191 e. The fraction of sp³-hybridized carbons (Fsp3) is 0.444. The van der Waals surface area contributed by atoms with Crippen molar-refractivity contribution in [3.05, 3.63) is 51.5 Å². The molecule has 25 heavy (non-hydrogen) atoms. The normalized spacial score (nSPS) is 11.1. The molecule has 0 aliphatic heterocycles. The zero-order valence-electron chi connectivity index (χ0n) is 15.0. The van der Waals surface area contributed by atoms with E-state index in [1.807, 2.05) is 6.20 Å².